The van der Waals surface area contributed by atoms with Gasteiger partial charge in [0.1, 0.15) is 0 Å². The molecular formula is C35H78O8. The molecule has 1 atom stereocenters. The fourth-order valence-corrected chi connectivity index (χ4v) is 1.60. The highest BCUT2D eigenvalue weighted by atomic mass is 16.6. The van der Waals surface area contributed by atoms with E-state index >= 15 is 0 Å². The van der Waals surface area contributed by atoms with Gasteiger partial charge >= 0.3 is 11.9 Å². The Kier molecular flexibility index (Phi) is 87.7. The first-order valence-electron chi connectivity index (χ1n) is 12.5. The van der Waals surface area contributed by atoms with Crippen LogP contribution in [0.5, 0.6) is 0 Å². The van der Waals surface area contributed by atoms with Crippen LogP contribution in [0, 0.1) is 11.8 Å². The van der Waals surface area contributed by atoms with Gasteiger partial charge in [-0.3, -0.25) is 0 Å². The van der Waals surface area contributed by atoms with Crippen molar-refractivity contribution in [2.45, 2.75) is 104 Å². The summed E-state index contributed by atoms with van der Waals surface area (Å²) in [5.74, 6) is 1.08. The topological polar surface area (TPSA) is 92.8 Å². The average Bonchev–Trinajstić information content (AvgIpc) is 3.80. The smallest absolute Gasteiger partial charge is 0.332 e. The van der Waals surface area contributed by atoms with Crippen molar-refractivity contribution in [1.29, 1.82) is 0 Å². The Labute approximate surface area is 270 Å². The van der Waals surface area contributed by atoms with E-state index in [9.17, 15) is 9.59 Å². The SMILES string of the molecule is C.C.C.C.C.C.C=C(C)C(=O)OC.C=CC.C=CC(=O)OC.C=COC.CCC1CO1.CCC1COC1.COCC1CC1. The maximum absolute atomic E-state index is 10.2. The van der Waals surface area contributed by atoms with Gasteiger partial charge in [0.2, 0.25) is 0 Å². The molecule has 1 aliphatic carbocycles. The Morgan fingerprint density at radius 2 is 1.23 bits per heavy atom. The molecule has 8 heteroatoms. The molecular weight excluding hydrogens is 548 g/mol. The molecule has 0 radical (unpaired) electrons. The summed E-state index contributed by atoms with van der Waals surface area (Å²) in [5, 5.41) is 0. The minimum absolute atomic E-state index is 0. The zero-order valence-corrected chi connectivity index (χ0v) is 24.7. The molecule has 43 heavy (non-hydrogen) atoms. The minimum atomic E-state index is -0.394. The first-order chi connectivity index (χ1) is 17.6. The Morgan fingerprint density at radius 3 is 1.26 bits per heavy atom. The highest BCUT2D eigenvalue weighted by Gasteiger charge is 2.20. The number of carbonyl (C=O) groups excluding carboxylic acids is 2. The molecule has 2 aliphatic heterocycles. The summed E-state index contributed by atoms with van der Waals surface area (Å²) in [6.45, 7) is 25.0. The van der Waals surface area contributed by atoms with Crippen molar-refractivity contribution in [2.75, 3.05) is 54.9 Å². The van der Waals surface area contributed by atoms with E-state index in [2.05, 4.69) is 54.4 Å². The molecule has 0 aromatic carbocycles. The van der Waals surface area contributed by atoms with Crippen molar-refractivity contribution in [2.24, 2.45) is 11.8 Å². The lowest BCUT2D eigenvalue weighted by Gasteiger charge is -2.23. The second kappa shape index (κ2) is 55.5. The maximum Gasteiger partial charge on any atom is 0.332 e. The van der Waals surface area contributed by atoms with E-state index in [0.717, 1.165) is 44.3 Å². The third-order valence-corrected chi connectivity index (χ3v) is 4.31. The van der Waals surface area contributed by atoms with Gasteiger partial charge in [0.25, 0.3) is 0 Å². The van der Waals surface area contributed by atoms with Gasteiger partial charge in [-0.25, -0.2) is 9.59 Å². The molecule has 3 aliphatic rings. The number of rotatable bonds is 7. The zero-order chi connectivity index (χ0) is 29.5. The van der Waals surface area contributed by atoms with Crippen LogP contribution >= 0.6 is 0 Å². The van der Waals surface area contributed by atoms with Crippen LogP contribution in [-0.2, 0) is 38.0 Å². The summed E-state index contributed by atoms with van der Waals surface area (Å²) in [5.41, 5.74) is 0.433. The second-order valence-corrected chi connectivity index (χ2v) is 7.88. The van der Waals surface area contributed by atoms with Crippen LogP contribution in [0.25, 0.3) is 0 Å². The molecule has 0 N–H and O–H groups in total. The van der Waals surface area contributed by atoms with Gasteiger partial charge in [-0.05, 0) is 45.4 Å². The van der Waals surface area contributed by atoms with E-state index < -0.39 is 5.97 Å². The predicted octanol–water partition coefficient (Wildman–Crippen LogP) is 9.75. The predicted molar refractivity (Wildman–Crippen MR) is 192 cm³/mol. The van der Waals surface area contributed by atoms with Gasteiger partial charge in [0, 0.05) is 31.3 Å². The third-order valence-electron chi connectivity index (χ3n) is 4.31. The Hall–Kier alpha value is -2.42. The van der Waals surface area contributed by atoms with Gasteiger partial charge in [-0.1, -0.05) is 84.2 Å². The molecule has 3 fully saturated rings. The van der Waals surface area contributed by atoms with Crippen molar-refractivity contribution in [3.8, 4) is 0 Å². The van der Waals surface area contributed by atoms with Gasteiger partial charge in [-0.2, -0.15) is 0 Å². The molecule has 8 nitrogen and oxygen atoms in total. The molecule has 3 rings (SSSR count). The number of allylic oxidation sites excluding steroid dienone is 1. The van der Waals surface area contributed by atoms with Crippen molar-refractivity contribution in [3.63, 3.8) is 0 Å². The summed E-state index contributed by atoms with van der Waals surface area (Å²) < 4.78 is 27.4. The number of epoxide rings is 1. The lowest BCUT2D eigenvalue weighted by Crippen LogP contribution is -2.26. The highest BCUT2D eigenvalue weighted by Crippen LogP contribution is 2.28. The first-order valence-corrected chi connectivity index (χ1v) is 12.5. The van der Waals surface area contributed by atoms with E-state index in [1.807, 2.05) is 6.92 Å². The number of methoxy groups -OCH3 is 4. The number of hydrogen-bond acceptors (Lipinski definition) is 8. The van der Waals surface area contributed by atoms with E-state index in [-0.39, 0.29) is 50.5 Å². The summed E-state index contributed by atoms with van der Waals surface area (Å²) in [6.07, 6.45) is 10.1. The number of hydrogen-bond donors (Lipinski definition) is 0. The van der Waals surface area contributed by atoms with Crippen LogP contribution in [-0.4, -0.2) is 72.9 Å². The minimum Gasteiger partial charge on any atom is -0.505 e. The molecule has 0 spiro atoms. The van der Waals surface area contributed by atoms with Crippen molar-refractivity contribution in [3.05, 3.63) is 50.3 Å². The number of ether oxygens (including phenoxy) is 6. The molecule has 2 saturated heterocycles. The molecule has 0 bridgehead atoms. The van der Waals surface area contributed by atoms with Gasteiger partial charge in [-0.15, -0.1) is 6.58 Å². The van der Waals surface area contributed by atoms with Gasteiger partial charge < -0.3 is 28.4 Å². The summed E-state index contributed by atoms with van der Waals surface area (Å²) in [4.78, 5) is 20.0. The van der Waals surface area contributed by atoms with Gasteiger partial charge in [0.15, 0.2) is 0 Å². The van der Waals surface area contributed by atoms with Crippen molar-refractivity contribution in [1.82, 2.24) is 0 Å². The monoisotopic (exact) mass is 627 g/mol. The number of carbonyl (C=O) groups is 2. The fraction of sp³-hybridized carbons (Fsp3) is 0.714. The number of esters is 2. The zero-order valence-electron chi connectivity index (χ0n) is 24.7. The molecule has 0 amide bonds. The van der Waals surface area contributed by atoms with Crippen LogP contribution in [0.1, 0.15) is 97.9 Å². The molecule has 0 aromatic heterocycles. The maximum atomic E-state index is 10.2. The quantitative estimate of drug-likeness (QED) is 0.0906. The summed E-state index contributed by atoms with van der Waals surface area (Å²) in [6, 6.07) is 0. The fourth-order valence-electron chi connectivity index (χ4n) is 1.60. The van der Waals surface area contributed by atoms with Crippen molar-refractivity contribution < 1.29 is 38.0 Å². The van der Waals surface area contributed by atoms with Crippen LogP contribution in [0.2, 0.25) is 0 Å². The van der Waals surface area contributed by atoms with E-state index in [0.29, 0.717) is 11.7 Å². The Morgan fingerprint density at radius 1 is 0.814 bits per heavy atom. The molecule has 266 valence electrons. The Balaban J connectivity index is -0.0000000365. The van der Waals surface area contributed by atoms with Crippen LogP contribution in [0.15, 0.2) is 50.3 Å². The molecule has 1 saturated carbocycles. The lowest BCUT2D eigenvalue weighted by atomic mass is 10.1. The molecule has 0 aromatic rings. The Bertz CT molecular complexity index is 561. The average molecular weight is 627 g/mol. The highest BCUT2D eigenvalue weighted by molar-refractivity contribution is 5.86. The van der Waals surface area contributed by atoms with E-state index in [1.165, 1.54) is 46.2 Å². The lowest BCUT2D eigenvalue weighted by molar-refractivity contribution is -0.136. The summed E-state index contributed by atoms with van der Waals surface area (Å²) >= 11 is 0. The first kappa shape index (κ1) is 68.0. The van der Waals surface area contributed by atoms with Crippen LogP contribution < -0.4 is 0 Å². The third kappa shape index (κ3) is 73.5. The van der Waals surface area contributed by atoms with Gasteiger partial charge in [0.05, 0.1) is 53.5 Å². The van der Waals surface area contributed by atoms with Crippen LogP contribution in [0.3, 0.4) is 0 Å². The summed E-state index contributed by atoms with van der Waals surface area (Å²) in [7, 11) is 5.96. The van der Waals surface area contributed by atoms with E-state index in [1.54, 1.807) is 27.2 Å². The molecule has 1 unspecified atom stereocenters. The molecule has 2 heterocycles. The van der Waals surface area contributed by atoms with Crippen molar-refractivity contribution >= 4 is 11.9 Å². The second-order valence-electron chi connectivity index (χ2n) is 7.88. The van der Waals surface area contributed by atoms with Crippen LogP contribution in [0.4, 0.5) is 0 Å². The van der Waals surface area contributed by atoms with E-state index in [4.69, 9.17) is 14.2 Å². The standard InChI is InChI=1S/C5H8O2.2C5H10O.C4H6O2.C4H8O.C3H6O.C3H6.6CH4/c1-4(2)5(6)7-3;1-6-4-5-2-3-5;1-2-5-3-6-4-5;1-3-4(5)6-2;1-2-4-3-5-4;1-3-4-2;1-3-2;;;;;;/h1H2,2-3H3;2*5H,2-4H2,1H3;3H,1H2,2H3;4H,2-3H2,1H3;3H,1H2,2H3;3H,1H2,2H3;6*1H4. The normalized spacial score (nSPS) is 13.3. The largest absolute Gasteiger partial charge is 0.505 e.